The summed E-state index contributed by atoms with van der Waals surface area (Å²) < 4.78 is 0. The summed E-state index contributed by atoms with van der Waals surface area (Å²) in [7, 11) is 0. The molecule has 8 nitrogen and oxygen atoms in total. The highest BCUT2D eigenvalue weighted by Gasteiger charge is 2.71. The van der Waals surface area contributed by atoms with Crippen molar-refractivity contribution >= 4 is 29.3 Å². The van der Waals surface area contributed by atoms with Crippen LogP contribution >= 0.6 is 0 Å². The second kappa shape index (κ2) is 13.3. The zero-order valence-corrected chi connectivity index (χ0v) is 33.3. The molecule has 0 aromatic heterocycles. The predicted octanol–water partition coefficient (Wildman–Crippen LogP) is 8.70. The third-order valence-corrected chi connectivity index (χ3v) is 17.3. The molecular weight excluding hydrogens is 665 g/mol. The molecule has 5 aliphatic carbocycles. The Labute approximate surface area is 316 Å². The van der Waals surface area contributed by atoms with Gasteiger partial charge in [-0.3, -0.25) is 9.59 Å². The minimum atomic E-state index is -0.943. The summed E-state index contributed by atoms with van der Waals surface area (Å²) in [5, 5.41) is 22.3. The lowest BCUT2D eigenvalue weighted by molar-refractivity contribution is -0.227. The minimum absolute atomic E-state index is 0.0461. The van der Waals surface area contributed by atoms with Crippen molar-refractivity contribution in [3.05, 3.63) is 41.5 Å². The summed E-state index contributed by atoms with van der Waals surface area (Å²) in [6.07, 6.45) is 13.5. The normalized spacial score (nSPS) is 40.0. The first-order chi connectivity index (χ1) is 24.9. The molecule has 290 valence electrons. The Hall–Kier alpha value is -3.16. The predicted molar refractivity (Wildman–Crippen MR) is 206 cm³/mol. The van der Waals surface area contributed by atoms with Gasteiger partial charge in [-0.05, 0) is 151 Å². The number of aliphatic carboxylic acids is 1. The van der Waals surface area contributed by atoms with Crippen molar-refractivity contribution in [3.8, 4) is 0 Å². The fraction of sp³-hybridized carbons (Fsp3) is 0.733. The molecule has 1 saturated heterocycles. The second-order valence-corrected chi connectivity index (χ2v) is 19.8. The van der Waals surface area contributed by atoms with Crippen LogP contribution in [0.3, 0.4) is 0 Å². The molecule has 10 atom stereocenters. The van der Waals surface area contributed by atoms with Gasteiger partial charge in [0, 0.05) is 19.5 Å². The lowest BCUT2D eigenvalue weighted by atomic mass is 9.32. The molecule has 6 aliphatic rings. The van der Waals surface area contributed by atoms with Gasteiger partial charge in [0.25, 0.3) is 0 Å². The standard InChI is InChI=1S/C45H64N2O6/c1-27(2)30-16-22-45(40(53)46-25-19-36(48)47-26-8-9-33(47)39(51)52)24-23-43(6)32(37(30)45)14-15-35-42(5)20-17-31(28-10-12-29(13-11-28)38(49)50)41(3,4)34(42)18-21-44(35,43)7/h10-13,17,27,30,32-35,37H,8-9,14-16,18-26H2,1-7H3,(H,46,53)(H,49,50)(H,51,52)/t30-,32+,33?,34-,35+,37+,42-,43+,44+,45-/m0/s1. The Bertz CT molecular complexity index is 1680. The first-order valence-corrected chi connectivity index (χ1v) is 20.8. The van der Waals surface area contributed by atoms with Gasteiger partial charge in [-0.2, -0.15) is 0 Å². The number of carbonyl (C=O) groups is 4. The molecule has 0 spiro atoms. The highest BCUT2D eigenvalue weighted by molar-refractivity contribution is 5.88. The van der Waals surface area contributed by atoms with Crippen LogP contribution in [0.25, 0.3) is 5.57 Å². The summed E-state index contributed by atoms with van der Waals surface area (Å²) in [6.45, 7) is 18.1. The maximum Gasteiger partial charge on any atom is 0.335 e. The quantitative estimate of drug-likeness (QED) is 0.246. The summed E-state index contributed by atoms with van der Waals surface area (Å²) in [6, 6.07) is 6.73. The first-order valence-electron chi connectivity index (χ1n) is 20.8. The van der Waals surface area contributed by atoms with Crippen LogP contribution in [0, 0.1) is 62.6 Å². The van der Waals surface area contributed by atoms with E-state index in [0.29, 0.717) is 60.5 Å². The van der Waals surface area contributed by atoms with Crippen molar-refractivity contribution in [2.75, 3.05) is 13.1 Å². The van der Waals surface area contributed by atoms with Gasteiger partial charge in [-0.1, -0.05) is 66.7 Å². The first kappa shape index (κ1) is 38.1. The molecule has 3 N–H and O–H groups in total. The zero-order chi connectivity index (χ0) is 38.3. The molecule has 53 heavy (non-hydrogen) atoms. The number of carboxylic acid groups (broad SMARTS) is 2. The monoisotopic (exact) mass is 728 g/mol. The van der Waals surface area contributed by atoms with Crippen LogP contribution in [0.15, 0.2) is 30.3 Å². The number of allylic oxidation sites excluding steroid dienone is 2. The van der Waals surface area contributed by atoms with E-state index in [1.807, 2.05) is 12.1 Å². The van der Waals surface area contributed by atoms with Gasteiger partial charge >= 0.3 is 11.9 Å². The van der Waals surface area contributed by atoms with Crippen LogP contribution in [-0.4, -0.2) is 58.0 Å². The maximum absolute atomic E-state index is 14.5. The molecule has 5 fully saturated rings. The van der Waals surface area contributed by atoms with E-state index in [1.54, 1.807) is 12.1 Å². The molecule has 1 heterocycles. The van der Waals surface area contributed by atoms with Crippen LogP contribution in [0.1, 0.15) is 141 Å². The molecule has 2 amide bonds. The summed E-state index contributed by atoms with van der Waals surface area (Å²) in [5.41, 5.74) is 2.78. The largest absolute Gasteiger partial charge is 0.480 e. The number of rotatable bonds is 8. The van der Waals surface area contributed by atoms with E-state index in [0.717, 1.165) is 44.1 Å². The van der Waals surface area contributed by atoms with E-state index < -0.39 is 23.4 Å². The minimum Gasteiger partial charge on any atom is -0.480 e. The van der Waals surface area contributed by atoms with Gasteiger partial charge in [0.05, 0.1) is 11.0 Å². The van der Waals surface area contributed by atoms with E-state index in [2.05, 4.69) is 59.9 Å². The number of carbonyl (C=O) groups excluding carboxylic acids is 2. The number of benzene rings is 1. The lowest BCUT2D eigenvalue weighted by Crippen LogP contribution is -2.66. The number of likely N-dealkylation sites (tertiary alicyclic amines) is 1. The van der Waals surface area contributed by atoms with Crippen LogP contribution in [0.4, 0.5) is 0 Å². The van der Waals surface area contributed by atoms with Gasteiger partial charge in [0.1, 0.15) is 6.04 Å². The average molecular weight is 729 g/mol. The van der Waals surface area contributed by atoms with Gasteiger partial charge in [-0.25, -0.2) is 9.59 Å². The Morgan fingerprint density at radius 1 is 0.849 bits per heavy atom. The highest BCUT2D eigenvalue weighted by Crippen LogP contribution is 2.77. The van der Waals surface area contributed by atoms with Crippen LogP contribution < -0.4 is 5.32 Å². The molecule has 0 bridgehead atoms. The van der Waals surface area contributed by atoms with Crippen LogP contribution in [0.5, 0.6) is 0 Å². The number of aromatic carboxylic acids is 1. The van der Waals surface area contributed by atoms with Crippen molar-refractivity contribution < 1.29 is 29.4 Å². The van der Waals surface area contributed by atoms with E-state index >= 15 is 0 Å². The van der Waals surface area contributed by atoms with Crippen LogP contribution in [0.2, 0.25) is 0 Å². The molecular formula is C45H64N2O6. The van der Waals surface area contributed by atoms with Gasteiger partial charge < -0.3 is 20.4 Å². The third-order valence-electron chi connectivity index (χ3n) is 17.3. The van der Waals surface area contributed by atoms with Gasteiger partial charge in [-0.15, -0.1) is 0 Å². The van der Waals surface area contributed by atoms with E-state index in [-0.39, 0.29) is 46.4 Å². The Kier molecular flexibility index (Phi) is 9.53. The van der Waals surface area contributed by atoms with Gasteiger partial charge in [0.2, 0.25) is 11.8 Å². The molecule has 4 saturated carbocycles. The van der Waals surface area contributed by atoms with Crippen molar-refractivity contribution in [1.29, 1.82) is 0 Å². The molecule has 1 aromatic rings. The number of nitrogens with one attached hydrogen (secondary N) is 1. The second-order valence-electron chi connectivity index (χ2n) is 19.8. The summed E-state index contributed by atoms with van der Waals surface area (Å²) in [5.74, 6) is 0.985. The van der Waals surface area contributed by atoms with Crippen molar-refractivity contribution in [2.45, 2.75) is 132 Å². The van der Waals surface area contributed by atoms with Crippen molar-refractivity contribution in [1.82, 2.24) is 10.2 Å². The maximum atomic E-state index is 14.5. The SMILES string of the molecule is CC(C)[C@@H]1CC[C@]2(C(=O)NCCC(=O)N3CCCC3C(=O)O)CC[C@]3(C)[C@H](CC[C@@H]4[C@@]5(C)CC=C(c6ccc(C(=O)O)cc6)C(C)(C)[C@@H]5CC[C@]43C)[C@@H]12. The number of carboxylic acids is 2. The lowest BCUT2D eigenvalue weighted by Gasteiger charge is -2.72. The fourth-order valence-corrected chi connectivity index (χ4v) is 14.6. The number of fused-ring (bicyclic) bond motifs is 7. The molecule has 0 radical (unpaired) electrons. The Morgan fingerprint density at radius 2 is 1.57 bits per heavy atom. The summed E-state index contributed by atoms with van der Waals surface area (Å²) in [4.78, 5) is 52.3. The molecule has 8 heteroatoms. The summed E-state index contributed by atoms with van der Waals surface area (Å²) >= 11 is 0. The molecule has 1 aromatic carbocycles. The van der Waals surface area contributed by atoms with E-state index in [1.165, 1.54) is 29.7 Å². The van der Waals surface area contributed by atoms with Crippen LogP contribution in [-0.2, 0) is 14.4 Å². The van der Waals surface area contributed by atoms with Crippen molar-refractivity contribution in [2.24, 2.45) is 62.6 Å². The molecule has 1 aliphatic heterocycles. The molecule has 7 rings (SSSR count). The Balaban J connectivity index is 1.13. The third kappa shape index (κ3) is 5.64. The number of hydrogen-bond acceptors (Lipinski definition) is 4. The number of nitrogens with zero attached hydrogens (tertiary/aromatic N) is 1. The fourth-order valence-electron chi connectivity index (χ4n) is 14.6. The zero-order valence-electron chi connectivity index (χ0n) is 33.3. The average Bonchev–Trinajstić information content (AvgIpc) is 3.75. The number of hydrogen-bond donors (Lipinski definition) is 3. The van der Waals surface area contributed by atoms with E-state index in [4.69, 9.17) is 0 Å². The topological polar surface area (TPSA) is 124 Å². The number of amides is 2. The van der Waals surface area contributed by atoms with Crippen molar-refractivity contribution in [3.63, 3.8) is 0 Å². The van der Waals surface area contributed by atoms with E-state index in [9.17, 15) is 29.4 Å². The molecule has 1 unspecified atom stereocenters. The van der Waals surface area contributed by atoms with Gasteiger partial charge in [0.15, 0.2) is 0 Å². The Morgan fingerprint density at radius 3 is 2.23 bits per heavy atom. The highest BCUT2D eigenvalue weighted by atomic mass is 16.4. The smallest absolute Gasteiger partial charge is 0.335 e.